The van der Waals surface area contributed by atoms with Crippen LogP contribution in [0.1, 0.15) is 37.1 Å². The number of halogens is 1. The number of rotatable bonds is 3. The van der Waals surface area contributed by atoms with Crippen LogP contribution < -0.4 is 4.90 Å². The Kier molecular flexibility index (Phi) is 4.40. The Labute approximate surface area is 113 Å². The maximum Gasteiger partial charge on any atom is 0.171 e. The number of hydrogen-bond acceptors (Lipinski definition) is 4. The zero-order chi connectivity index (χ0) is 13.1. The van der Waals surface area contributed by atoms with Gasteiger partial charge in [0.1, 0.15) is 0 Å². The first-order valence-corrected chi connectivity index (χ1v) is 6.89. The first-order chi connectivity index (χ1) is 8.63. The molecule has 0 aliphatic carbocycles. The van der Waals surface area contributed by atoms with Crippen molar-refractivity contribution in [3.05, 3.63) is 16.5 Å². The highest BCUT2D eigenvalue weighted by Gasteiger charge is 2.25. The highest BCUT2D eigenvalue weighted by atomic mass is 35.5. The van der Waals surface area contributed by atoms with Crippen LogP contribution in [0.25, 0.3) is 0 Å². The molecule has 1 atom stereocenters. The molecule has 18 heavy (non-hydrogen) atoms. The second-order valence-electron chi connectivity index (χ2n) is 4.86. The normalized spacial score (nSPS) is 20.2. The van der Waals surface area contributed by atoms with Crippen LogP contribution in [0, 0.1) is 13.8 Å². The molecule has 5 heteroatoms. The van der Waals surface area contributed by atoms with Crippen LogP contribution in [0.4, 0.5) is 5.82 Å². The molecule has 1 aliphatic rings. The SMILES string of the molecule is Cc1nc(Cl)c(N2CCCCC2CCO)nc1C. The zero-order valence-electron chi connectivity index (χ0n) is 11.0. The molecular formula is C13H20ClN3O. The molecule has 1 N–H and O–H groups in total. The summed E-state index contributed by atoms with van der Waals surface area (Å²) < 4.78 is 0. The molecule has 0 spiro atoms. The van der Waals surface area contributed by atoms with Crippen molar-refractivity contribution in [2.45, 2.75) is 45.6 Å². The third kappa shape index (κ3) is 2.75. The second-order valence-corrected chi connectivity index (χ2v) is 5.22. The summed E-state index contributed by atoms with van der Waals surface area (Å²) in [5.41, 5.74) is 1.79. The highest BCUT2D eigenvalue weighted by molar-refractivity contribution is 6.31. The van der Waals surface area contributed by atoms with E-state index < -0.39 is 0 Å². The lowest BCUT2D eigenvalue weighted by Crippen LogP contribution is -2.41. The Balaban J connectivity index is 2.30. The summed E-state index contributed by atoms with van der Waals surface area (Å²) in [4.78, 5) is 11.1. The molecule has 1 aromatic heterocycles. The number of hydrogen-bond donors (Lipinski definition) is 1. The van der Waals surface area contributed by atoms with Crippen molar-refractivity contribution in [3.63, 3.8) is 0 Å². The van der Waals surface area contributed by atoms with E-state index >= 15 is 0 Å². The number of aliphatic hydroxyl groups excluding tert-OH is 1. The number of aliphatic hydroxyl groups is 1. The predicted octanol–water partition coefficient (Wildman–Crippen LogP) is 2.49. The Hall–Kier alpha value is -0.870. The van der Waals surface area contributed by atoms with E-state index in [9.17, 15) is 0 Å². The van der Waals surface area contributed by atoms with Gasteiger partial charge in [0.2, 0.25) is 0 Å². The number of piperidine rings is 1. The molecule has 0 bridgehead atoms. The molecule has 4 nitrogen and oxygen atoms in total. The molecular weight excluding hydrogens is 250 g/mol. The maximum absolute atomic E-state index is 9.16. The molecule has 1 saturated heterocycles. The van der Waals surface area contributed by atoms with Gasteiger partial charge in [-0.15, -0.1) is 0 Å². The molecule has 2 rings (SSSR count). The van der Waals surface area contributed by atoms with Crippen LogP contribution in [0.15, 0.2) is 0 Å². The molecule has 1 unspecified atom stereocenters. The van der Waals surface area contributed by atoms with E-state index in [4.69, 9.17) is 16.7 Å². The summed E-state index contributed by atoms with van der Waals surface area (Å²) in [6.45, 7) is 5.02. The van der Waals surface area contributed by atoms with E-state index in [2.05, 4.69) is 14.9 Å². The van der Waals surface area contributed by atoms with E-state index in [0.29, 0.717) is 11.2 Å². The number of nitrogens with zero attached hydrogens (tertiary/aromatic N) is 3. The first kappa shape index (κ1) is 13.6. The third-order valence-electron chi connectivity index (χ3n) is 3.61. The topological polar surface area (TPSA) is 49.2 Å². The van der Waals surface area contributed by atoms with Gasteiger partial charge in [-0.05, 0) is 39.5 Å². The third-order valence-corrected chi connectivity index (χ3v) is 3.86. The Morgan fingerprint density at radius 1 is 1.28 bits per heavy atom. The van der Waals surface area contributed by atoms with Crippen molar-refractivity contribution < 1.29 is 5.11 Å². The van der Waals surface area contributed by atoms with E-state index in [1.54, 1.807) is 0 Å². The van der Waals surface area contributed by atoms with Crippen molar-refractivity contribution in [2.75, 3.05) is 18.1 Å². The Bertz CT molecular complexity index is 423. The van der Waals surface area contributed by atoms with Crippen LogP contribution >= 0.6 is 11.6 Å². The molecule has 0 aromatic carbocycles. The zero-order valence-corrected chi connectivity index (χ0v) is 11.7. The maximum atomic E-state index is 9.16. The molecule has 0 saturated carbocycles. The average molecular weight is 270 g/mol. The van der Waals surface area contributed by atoms with Crippen molar-refractivity contribution in [1.29, 1.82) is 0 Å². The fourth-order valence-corrected chi connectivity index (χ4v) is 2.75. The summed E-state index contributed by atoms with van der Waals surface area (Å²) in [5.74, 6) is 0.776. The van der Waals surface area contributed by atoms with E-state index in [1.807, 2.05) is 13.8 Å². The van der Waals surface area contributed by atoms with Crippen molar-refractivity contribution in [3.8, 4) is 0 Å². The minimum Gasteiger partial charge on any atom is -0.396 e. The van der Waals surface area contributed by atoms with Crippen molar-refractivity contribution >= 4 is 17.4 Å². The molecule has 0 amide bonds. The summed E-state index contributed by atoms with van der Waals surface area (Å²) in [7, 11) is 0. The molecule has 0 radical (unpaired) electrons. The number of aromatic nitrogens is 2. The Morgan fingerprint density at radius 2 is 2.00 bits per heavy atom. The van der Waals surface area contributed by atoms with Gasteiger partial charge >= 0.3 is 0 Å². The van der Waals surface area contributed by atoms with Crippen LogP contribution in [0.3, 0.4) is 0 Å². The van der Waals surface area contributed by atoms with Gasteiger partial charge in [-0.1, -0.05) is 11.6 Å². The number of anilines is 1. The lowest BCUT2D eigenvalue weighted by atomic mass is 10.00. The minimum atomic E-state index is 0.205. The monoisotopic (exact) mass is 269 g/mol. The fraction of sp³-hybridized carbons (Fsp3) is 0.692. The predicted molar refractivity (Wildman–Crippen MR) is 73.2 cm³/mol. The summed E-state index contributed by atoms with van der Waals surface area (Å²) in [5, 5.41) is 9.63. The molecule has 1 aliphatic heterocycles. The van der Waals surface area contributed by atoms with Gasteiger partial charge in [0.25, 0.3) is 0 Å². The second kappa shape index (κ2) is 5.85. The van der Waals surface area contributed by atoms with E-state index in [-0.39, 0.29) is 6.61 Å². The lowest BCUT2D eigenvalue weighted by molar-refractivity contribution is 0.262. The van der Waals surface area contributed by atoms with Crippen LogP contribution in [0.5, 0.6) is 0 Å². The smallest absolute Gasteiger partial charge is 0.171 e. The van der Waals surface area contributed by atoms with E-state index in [1.165, 1.54) is 6.42 Å². The largest absolute Gasteiger partial charge is 0.396 e. The first-order valence-electron chi connectivity index (χ1n) is 6.51. The summed E-state index contributed by atoms with van der Waals surface area (Å²) >= 11 is 6.22. The van der Waals surface area contributed by atoms with E-state index in [0.717, 1.165) is 43.0 Å². The van der Waals surface area contributed by atoms with Crippen molar-refractivity contribution in [2.24, 2.45) is 0 Å². The highest BCUT2D eigenvalue weighted by Crippen LogP contribution is 2.30. The summed E-state index contributed by atoms with van der Waals surface area (Å²) in [6.07, 6.45) is 4.21. The van der Waals surface area contributed by atoms with Gasteiger partial charge < -0.3 is 10.0 Å². The fourth-order valence-electron chi connectivity index (χ4n) is 2.48. The van der Waals surface area contributed by atoms with Gasteiger partial charge in [-0.3, -0.25) is 0 Å². The Morgan fingerprint density at radius 3 is 2.72 bits per heavy atom. The van der Waals surface area contributed by atoms with Crippen LogP contribution in [0.2, 0.25) is 5.15 Å². The van der Waals surface area contributed by atoms with Gasteiger partial charge in [-0.25, -0.2) is 9.97 Å². The van der Waals surface area contributed by atoms with Crippen LogP contribution in [-0.4, -0.2) is 34.3 Å². The summed E-state index contributed by atoms with van der Waals surface area (Å²) in [6, 6.07) is 0.331. The van der Waals surface area contributed by atoms with Gasteiger partial charge in [0.15, 0.2) is 11.0 Å². The van der Waals surface area contributed by atoms with Gasteiger partial charge in [-0.2, -0.15) is 0 Å². The quantitative estimate of drug-likeness (QED) is 0.916. The van der Waals surface area contributed by atoms with Crippen molar-refractivity contribution in [1.82, 2.24) is 9.97 Å². The van der Waals surface area contributed by atoms with Gasteiger partial charge in [0, 0.05) is 19.2 Å². The molecule has 100 valence electrons. The van der Waals surface area contributed by atoms with Gasteiger partial charge in [0.05, 0.1) is 11.4 Å². The molecule has 1 aromatic rings. The molecule has 2 heterocycles. The molecule has 1 fully saturated rings. The minimum absolute atomic E-state index is 0.205. The number of aryl methyl sites for hydroxylation is 2. The van der Waals surface area contributed by atoms with Crippen LogP contribution in [-0.2, 0) is 0 Å². The lowest BCUT2D eigenvalue weighted by Gasteiger charge is -2.36. The average Bonchev–Trinajstić information content (AvgIpc) is 2.35. The standard InChI is InChI=1S/C13H20ClN3O/c1-9-10(2)16-13(12(14)15-9)17-7-4-3-5-11(17)6-8-18/h11,18H,3-8H2,1-2H3.